The van der Waals surface area contributed by atoms with Crippen molar-refractivity contribution in [1.82, 2.24) is 10.6 Å². The van der Waals surface area contributed by atoms with E-state index < -0.39 is 0 Å². The Morgan fingerprint density at radius 1 is 1.14 bits per heavy atom. The molecule has 0 bridgehead atoms. The third kappa shape index (κ3) is 6.78. The van der Waals surface area contributed by atoms with Gasteiger partial charge in [-0.2, -0.15) is 0 Å². The monoisotopic (exact) mass is 403 g/mol. The summed E-state index contributed by atoms with van der Waals surface area (Å²) in [7, 11) is 0. The van der Waals surface area contributed by atoms with Gasteiger partial charge in [0.2, 0.25) is 5.91 Å². The molecule has 2 aromatic carbocycles. The van der Waals surface area contributed by atoms with Crippen LogP contribution in [0, 0.1) is 6.92 Å². The highest BCUT2D eigenvalue weighted by molar-refractivity contribution is 6.33. The average Bonchev–Trinajstić information content (AvgIpc) is 2.65. The summed E-state index contributed by atoms with van der Waals surface area (Å²) < 4.78 is 5.41. The molecule has 7 heteroatoms. The molecule has 3 N–H and O–H groups in total. The Morgan fingerprint density at radius 2 is 1.86 bits per heavy atom. The number of nitrogens with one attached hydrogen (secondary N) is 3. The highest BCUT2D eigenvalue weighted by Crippen LogP contribution is 2.22. The Morgan fingerprint density at radius 3 is 2.50 bits per heavy atom. The predicted octanol–water partition coefficient (Wildman–Crippen LogP) is 4.44. The van der Waals surface area contributed by atoms with Gasteiger partial charge in [-0.1, -0.05) is 29.8 Å². The molecular formula is C21H26ClN3O3. The van der Waals surface area contributed by atoms with E-state index in [1.165, 1.54) is 0 Å². The molecule has 2 rings (SSSR count). The van der Waals surface area contributed by atoms with Crippen LogP contribution in [0.3, 0.4) is 0 Å². The molecule has 6 nitrogen and oxygen atoms in total. The summed E-state index contributed by atoms with van der Waals surface area (Å²) in [6, 6.07) is 12.5. The van der Waals surface area contributed by atoms with Crippen LogP contribution in [0.4, 0.5) is 10.5 Å². The standard InChI is InChI=1S/C21H26ClN3O3/c1-4-28-17-8-6-16(7-9-17)15(3)24-21(27)23-12-11-20(26)25-19-10-5-14(2)13-18(19)22/h5-10,13,15H,4,11-12H2,1-3H3,(H,25,26)(H2,23,24,27). The third-order valence-corrected chi connectivity index (χ3v) is 4.39. The molecule has 0 fully saturated rings. The molecule has 3 amide bonds. The fraction of sp³-hybridized carbons (Fsp3) is 0.333. The molecule has 0 heterocycles. The third-order valence-electron chi connectivity index (χ3n) is 4.08. The molecular weight excluding hydrogens is 378 g/mol. The quantitative estimate of drug-likeness (QED) is 0.609. The minimum absolute atomic E-state index is 0.148. The maximum atomic E-state index is 12.0. The molecule has 0 spiro atoms. The van der Waals surface area contributed by atoms with E-state index in [0.717, 1.165) is 16.9 Å². The first-order valence-electron chi connectivity index (χ1n) is 9.22. The number of carbonyl (C=O) groups excluding carboxylic acids is 2. The number of hydrogen-bond acceptors (Lipinski definition) is 3. The summed E-state index contributed by atoms with van der Waals surface area (Å²) in [5, 5.41) is 8.76. The van der Waals surface area contributed by atoms with Crippen molar-refractivity contribution in [3.63, 3.8) is 0 Å². The summed E-state index contributed by atoms with van der Waals surface area (Å²) >= 11 is 6.10. The highest BCUT2D eigenvalue weighted by atomic mass is 35.5. The first-order valence-corrected chi connectivity index (χ1v) is 9.60. The van der Waals surface area contributed by atoms with E-state index in [1.807, 2.05) is 51.1 Å². The lowest BCUT2D eigenvalue weighted by atomic mass is 10.1. The molecule has 28 heavy (non-hydrogen) atoms. The minimum Gasteiger partial charge on any atom is -0.494 e. The maximum absolute atomic E-state index is 12.0. The normalized spacial score (nSPS) is 11.4. The van der Waals surface area contributed by atoms with Crippen LogP contribution in [0.2, 0.25) is 5.02 Å². The first kappa shape index (κ1) is 21.6. The van der Waals surface area contributed by atoms with Crippen LogP contribution in [-0.4, -0.2) is 25.1 Å². The fourth-order valence-electron chi connectivity index (χ4n) is 2.57. The average molecular weight is 404 g/mol. The van der Waals surface area contributed by atoms with Crippen LogP contribution >= 0.6 is 11.6 Å². The topological polar surface area (TPSA) is 79.5 Å². The number of ether oxygens (including phenoxy) is 1. The molecule has 0 aliphatic carbocycles. The van der Waals surface area contributed by atoms with Crippen molar-refractivity contribution in [2.75, 3.05) is 18.5 Å². The molecule has 1 unspecified atom stereocenters. The number of aryl methyl sites for hydroxylation is 1. The number of benzene rings is 2. The summed E-state index contributed by atoms with van der Waals surface area (Å²) in [5.41, 5.74) is 2.54. The Bertz CT molecular complexity index is 809. The lowest BCUT2D eigenvalue weighted by Gasteiger charge is -2.15. The van der Waals surface area contributed by atoms with Crippen molar-refractivity contribution in [1.29, 1.82) is 0 Å². The van der Waals surface area contributed by atoms with E-state index in [1.54, 1.807) is 12.1 Å². The largest absolute Gasteiger partial charge is 0.494 e. The molecule has 0 saturated heterocycles. The Hall–Kier alpha value is -2.73. The summed E-state index contributed by atoms with van der Waals surface area (Å²) in [6.07, 6.45) is 0.148. The van der Waals surface area contributed by atoms with Crippen LogP contribution in [-0.2, 0) is 4.79 Å². The number of rotatable bonds is 8. The Balaban J connectivity index is 1.73. The summed E-state index contributed by atoms with van der Waals surface area (Å²) in [6.45, 7) is 6.57. The number of halogens is 1. The second-order valence-electron chi connectivity index (χ2n) is 6.41. The zero-order valence-corrected chi connectivity index (χ0v) is 17.1. The van der Waals surface area contributed by atoms with E-state index in [2.05, 4.69) is 16.0 Å². The molecule has 0 aliphatic heterocycles. The van der Waals surface area contributed by atoms with Crippen molar-refractivity contribution in [2.24, 2.45) is 0 Å². The zero-order valence-electron chi connectivity index (χ0n) is 16.3. The van der Waals surface area contributed by atoms with Crippen LogP contribution in [0.25, 0.3) is 0 Å². The fourth-order valence-corrected chi connectivity index (χ4v) is 2.86. The maximum Gasteiger partial charge on any atom is 0.315 e. The second kappa shape index (κ2) is 10.6. The van der Waals surface area contributed by atoms with Crippen molar-refractivity contribution >= 4 is 29.2 Å². The van der Waals surface area contributed by atoms with Gasteiger partial charge in [0.05, 0.1) is 23.4 Å². The zero-order chi connectivity index (χ0) is 20.5. The lowest BCUT2D eigenvalue weighted by molar-refractivity contribution is -0.116. The van der Waals surface area contributed by atoms with Crippen molar-refractivity contribution in [2.45, 2.75) is 33.2 Å². The number of amides is 3. The van der Waals surface area contributed by atoms with Crippen molar-refractivity contribution in [3.8, 4) is 5.75 Å². The van der Waals surface area contributed by atoms with Crippen LogP contribution in [0.1, 0.15) is 37.4 Å². The SMILES string of the molecule is CCOc1ccc(C(C)NC(=O)NCCC(=O)Nc2ccc(C)cc2Cl)cc1. The number of urea groups is 1. The lowest BCUT2D eigenvalue weighted by Crippen LogP contribution is -2.38. The second-order valence-corrected chi connectivity index (χ2v) is 6.81. The molecule has 1 atom stereocenters. The predicted molar refractivity (Wildman–Crippen MR) is 112 cm³/mol. The molecule has 0 radical (unpaired) electrons. The van der Waals surface area contributed by atoms with Gasteiger partial charge in [0.1, 0.15) is 5.75 Å². The first-order chi connectivity index (χ1) is 13.4. The van der Waals surface area contributed by atoms with Gasteiger partial charge in [0, 0.05) is 13.0 Å². The van der Waals surface area contributed by atoms with Gasteiger partial charge < -0.3 is 20.7 Å². The molecule has 0 saturated carbocycles. The summed E-state index contributed by atoms with van der Waals surface area (Å²) in [5.74, 6) is 0.577. The summed E-state index contributed by atoms with van der Waals surface area (Å²) in [4.78, 5) is 24.0. The van der Waals surface area contributed by atoms with Crippen molar-refractivity contribution < 1.29 is 14.3 Å². The van der Waals surface area contributed by atoms with Crippen LogP contribution in [0.5, 0.6) is 5.75 Å². The number of anilines is 1. The van der Waals surface area contributed by atoms with Gasteiger partial charge in [-0.05, 0) is 56.2 Å². The number of carbonyl (C=O) groups is 2. The van der Waals surface area contributed by atoms with Crippen LogP contribution < -0.4 is 20.7 Å². The molecule has 2 aromatic rings. The minimum atomic E-state index is -0.331. The molecule has 0 aromatic heterocycles. The van der Waals surface area contributed by atoms with Gasteiger partial charge in [0.15, 0.2) is 0 Å². The Kier molecular flexibility index (Phi) is 8.14. The van der Waals surface area contributed by atoms with Gasteiger partial charge in [0.25, 0.3) is 0 Å². The van der Waals surface area contributed by atoms with E-state index in [4.69, 9.17) is 16.3 Å². The molecule has 0 aliphatic rings. The Labute approximate surface area is 170 Å². The van der Waals surface area contributed by atoms with E-state index >= 15 is 0 Å². The van der Waals surface area contributed by atoms with Gasteiger partial charge in [-0.3, -0.25) is 4.79 Å². The van der Waals surface area contributed by atoms with E-state index in [-0.39, 0.29) is 30.9 Å². The van der Waals surface area contributed by atoms with Gasteiger partial charge in [-0.15, -0.1) is 0 Å². The molecule has 150 valence electrons. The highest BCUT2D eigenvalue weighted by Gasteiger charge is 2.11. The number of hydrogen-bond donors (Lipinski definition) is 3. The van der Waals surface area contributed by atoms with Crippen LogP contribution in [0.15, 0.2) is 42.5 Å². The van der Waals surface area contributed by atoms with E-state index in [9.17, 15) is 9.59 Å². The van der Waals surface area contributed by atoms with Crippen molar-refractivity contribution in [3.05, 3.63) is 58.6 Å². The van der Waals surface area contributed by atoms with E-state index in [0.29, 0.717) is 17.3 Å². The van der Waals surface area contributed by atoms with Gasteiger partial charge >= 0.3 is 6.03 Å². The van der Waals surface area contributed by atoms with Gasteiger partial charge in [-0.25, -0.2) is 4.79 Å². The smallest absolute Gasteiger partial charge is 0.315 e.